The summed E-state index contributed by atoms with van der Waals surface area (Å²) in [4.78, 5) is 0. The van der Waals surface area contributed by atoms with Gasteiger partial charge in [0, 0.05) is 18.3 Å². The highest BCUT2D eigenvalue weighted by atomic mass is 32.2. The second-order valence-electron chi connectivity index (χ2n) is 5.29. The number of hydrogen-bond donors (Lipinski definition) is 2. The third kappa shape index (κ3) is 3.71. The van der Waals surface area contributed by atoms with Gasteiger partial charge in [-0.25, -0.2) is 8.42 Å². The maximum Gasteiger partial charge on any atom is 0.218 e. The number of hydrogen-bond acceptors (Lipinski definition) is 4. The molecule has 20 heavy (non-hydrogen) atoms. The van der Waals surface area contributed by atoms with Crippen LogP contribution in [0.3, 0.4) is 0 Å². The molecule has 0 radical (unpaired) electrons. The molecule has 1 aromatic carbocycles. The van der Waals surface area contributed by atoms with Gasteiger partial charge in [-0.3, -0.25) is 0 Å². The first kappa shape index (κ1) is 15.3. The summed E-state index contributed by atoms with van der Waals surface area (Å²) in [6, 6.07) is 6.60. The van der Waals surface area contributed by atoms with Crippen LogP contribution >= 0.6 is 0 Å². The molecule has 1 aromatic rings. The molecule has 1 aliphatic rings. The summed E-state index contributed by atoms with van der Waals surface area (Å²) in [7, 11) is -3.40. The number of benzene rings is 1. The molecule has 1 aliphatic heterocycles. The van der Waals surface area contributed by atoms with E-state index in [1.807, 2.05) is 0 Å². The number of sulfonamides is 1. The fourth-order valence-corrected chi connectivity index (χ4v) is 4.42. The Balaban J connectivity index is 2.17. The van der Waals surface area contributed by atoms with Gasteiger partial charge in [-0.15, -0.1) is 0 Å². The highest BCUT2D eigenvalue weighted by molar-refractivity contribution is 7.88. The molecule has 0 bridgehead atoms. The molecule has 5 nitrogen and oxygen atoms in total. The van der Waals surface area contributed by atoms with Gasteiger partial charge in [0.15, 0.2) is 0 Å². The maximum absolute atomic E-state index is 12.5. The molecular weight excluding hydrogens is 276 g/mol. The number of nitrogen functional groups attached to an aromatic ring is 1. The van der Waals surface area contributed by atoms with Crippen LogP contribution in [-0.4, -0.2) is 37.0 Å². The Kier molecular flexibility index (Phi) is 5.01. The van der Waals surface area contributed by atoms with E-state index in [1.54, 1.807) is 24.3 Å². The predicted molar refractivity (Wildman–Crippen MR) is 79.5 cm³/mol. The molecule has 1 saturated heterocycles. The zero-order valence-electron chi connectivity index (χ0n) is 11.5. The van der Waals surface area contributed by atoms with Gasteiger partial charge in [0.2, 0.25) is 10.0 Å². The van der Waals surface area contributed by atoms with Crippen molar-refractivity contribution in [3.8, 4) is 0 Å². The average Bonchev–Trinajstić information content (AvgIpc) is 2.66. The number of rotatable bonds is 4. The second kappa shape index (κ2) is 6.56. The maximum atomic E-state index is 12.5. The van der Waals surface area contributed by atoms with Crippen LogP contribution in [0.5, 0.6) is 0 Å². The molecule has 1 atom stereocenters. The molecular formula is C14H22N2O3S. The van der Waals surface area contributed by atoms with E-state index in [-0.39, 0.29) is 18.4 Å². The molecule has 3 N–H and O–H groups in total. The zero-order chi connectivity index (χ0) is 14.6. The van der Waals surface area contributed by atoms with Crippen molar-refractivity contribution in [3.63, 3.8) is 0 Å². The van der Waals surface area contributed by atoms with Gasteiger partial charge in [-0.1, -0.05) is 25.0 Å². The van der Waals surface area contributed by atoms with Crippen molar-refractivity contribution in [1.29, 1.82) is 0 Å². The van der Waals surface area contributed by atoms with Crippen LogP contribution in [0.2, 0.25) is 0 Å². The summed E-state index contributed by atoms with van der Waals surface area (Å²) in [5.41, 5.74) is 6.95. The van der Waals surface area contributed by atoms with Crippen molar-refractivity contribution in [2.45, 2.75) is 37.5 Å². The van der Waals surface area contributed by atoms with Gasteiger partial charge in [0.1, 0.15) is 0 Å². The van der Waals surface area contributed by atoms with Crippen molar-refractivity contribution in [1.82, 2.24) is 4.31 Å². The van der Waals surface area contributed by atoms with E-state index in [9.17, 15) is 13.5 Å². The largest absolute Gasteiger partial charge is 0.399 e. The lowest BCUT2D eigenvalue weighted by Crippen LogP contribution is -2.42. The average molecular weight is 298 g/mol. The number of anilines is 1. The van der Waals surface area contributed by atoms with Crippen molar-refractivity contribution in [2.24, 2.45) is 0 Å². The monoisotopic (exact) mass is 298 g/mol. The van der Waals surface area contributed by atoms with Gasteiger partial charge < -0.3 is 10.8 Å². The fraction of sp³-hybridized carbons (Fsp3) is 0.571. The second-order valence-corrected chi connectivity index (χ2v) is 7.22. The van der Waals surface area contributed by atoms with Crippen LogP contribution in [0.15, 0.2) is 24.3 Å². The SMILES string of the molecule is Nc1ccc(CS(=O)(=O)N2CCCCCC2CO)cc1. The minimum Gasteiger partial charge on any atom is -0.399 e. The Morgan fingerprint density at radius 1 is 1.20 bits per heavy atom. The Hall–Kier alpha value is -1.11. The van der Waals surface area contributed by atoms with E-state index in [2.05, 4.69) is 0 Å². The Morgan fingerprint density at radius 3 is 2.55 bits per heavy atom. The minimum absolute atomic E-state index is 0.0379. The summed E-state index contributed by atoms with van der Waals surface area (Å²) in [5.74, 6) is -0.0379. The third-order valence-corrected chi connectivity index (χ3v) is 5.61. The topological polar surface area (TPSA) is 83.6 Å². The number of nitrogens with zero attached hydrogens (tertiary/aromatic N) is 1. The zero-order valence-corrected chi connectivity index (χ0v) is 12.3. The highest BCUT2D eigenvalue weighted by Gasteiger charge is 2.30. The summed E-state index contributed by atoms with van der Waals surface area (Å²) >= 11 is 0. The molecule has 0 aliphatic carbocycles. The van der Waals surface area contributed by atoms with Crippen LogP contribution in [0.1, 0.15) is 31.2 Å². The van der Waals surface area contributed by atoms with E-state index in [1.165, 1.54) is 4.31 Å². The van der Waals surface area contributed by atoms with Gasteiger partial charge in [0.05, 0.1) is 12.4 Å². The number of aliphatic hydroxyl groups is 1. The van der Waals surface area contributed by atoms with Crippen LogP contribution in [0, 0.1) is 0 Å². The van der Waals surface area contributed by atoms with E-state index in [0.717, 1.165) is 31.2 Å². The first-order valence-electron chi connectivity index (χ1n) is 6.98. The lowest BCUT2D eigenvalue weighted by molar-refractivity contribution is 0.186. The smallest absolute Gasteiger partial charge is 0.218 e. The first-order valence-corrected chi connectivity index (χ1v) is 8.58. The van der Waals surface area contributed by atoms with E-state index in [0.29, 0.717) is 12.2 Å². The van der Waals surface area contributed by atoms with Gasteiger partial charge in [-0.2, -0.15) is 4.31 Å². The molecule has 0 saturated carbocycles. The van der Waals surface area contributed by atoms with E-state index in [4.69, 9.17) is 5.73 Å². The molecule has 112 valence electrons. The van der Waals surface area contributed by atoms with E-state index < -0.39 is 10.0 Å². The standard InChI is InChI=1S/C14H22N2O3S/c15-13-7-5-12(6-8-13)11-20(18,19)16-9-3-1-2-4-14(16)10-17/h5-8,14,17H,1-4,9-11,15H2. The summed E-state index contributed by atoms with van der Waals surface area (Å²) < 4.78 is 26.6. The summed E-state index contributed by atoms with van der Waals surface area (Å²) in [6.45, 7) is 0.392. The van der Waals surface area contributed by atoms with Crippen molar-refractivity contribution < 1.29 is 13.5 Å². The number of aliphatic hydroxyl groups excluding tert-OH is 1. The van der Waals surface area contributed by atoms with Crippen molar-refractivity contribution in [2.75, 3.05) is 18.9 Å². The van der Waals surface area contributed by atoms with Gasteiger partial charge in [-0.05, 0) is 30.5 Å². The molecule has 1 heterocycles. The van der Waals surface area contributed by atoms with Gasteiger partial charge >= 0.3 is 0 Å². The fourth-order valence-electron chi connectivity index (χ4n) is 2.61. The minimum atomic E-state index is -3.40. The Bertz CT molecular complexity index is 528. The van der Waals surface area contributed by atoms with Crippen LogP contribution in [0.4, 0.5) is 5.69 Å². The molecule has 0 aromatic heterocycles. The van der Waals surface area contributed by atoms with Crippen LogP contribution < -0.4 is 5.73 Å². The van der Waals surface area contributed by atoms with E-state index >= 15 is 0 Å². The Morgan fingerprint density at radius 2 is 1.90 bits per heavy atom. The lowest BCUT2D eigenvalue weighted by Gasteiger charge is -2.27. The van der Waals surface area contributed by atoms with Crippen LogP contribution in [-0.2, 0) is 15.8 Å². The Labute approximate surface area is 120 Å². The highest BCUT2D eigenvalue weighted by Crippen LogP contribution is 2.22. The number of nitrogens with two attached hydrogens (primary N) is 1. The summed E-state index contributed by atoms with van der Waals surface area (Å²) in [5, 5.41) is 9.43. The molecule has 2 rings (SSSR count). The predicted octanol–water partition coefficient (Wildman–Crippen LogP) is 1.34. The quantitative estimate of drug-likeness (QED) is 0.822. The van der Waals surface area contributed by atoms with Gasteiger partial charge in [0.25, 0.3) is 0 Å². The van der Waals surface area contributed by atoms with Crippen LogP contribution in [0.25, 0.3) is 0 Å². The first-order chi connectivity index (χ1) is 9.53. The molecule has 0 spiro atoms. The van der Waals surface area contributed by atoms with Crippen molar-refractivity contribution in [3.05, 3.63) is 29.8 Å². The normalized spacial score (nSPS) is 21.6. The lowest BCUT2D eigenvalue weighted by atomic mass is 10.1. The molecule has 0 amide bonds. The molecule has 1 fully saturated rings. The van der Waals surface area contributed by atoms with Crippen molar-refractivity contribution >= 4 is 15.7 Å². The molecule has 1 unspecified atom stereocenters. The summed E-state index contributed by atoms with van der Waals surface area (Å²) in [6.07, 6.45) is 3.58. The molecule has 6 heteroatoms. The third-order valence-electron chi connectivity index (χ3n) is 3.72.